The number of rotatable bonds is 6. The molecule has 25 heavy (non-hydrogen) atoms. The van der Waals surface area contributed by atoms with E-state index in [2.05, 4.69) is 31.7 Å². The average Bonchev–Trinajstić information content (AvgIpc) is 2.75. The molecule has 0 aromatic heterocycles. The highest BCUT2D eigenvalue weighted by atomic mass is 16.5. The lowest BCUT2D eigenvalue weighted by atomic mass is 9.65. The van der Waals surface area contributed by atoms with Gasteiger partial charge in [-0.1, -0.05) is 32.9 Å². The van der Waals surface area contributed by atoms with Crippen molar-refractivity contribution in [2.75, 3.05) is 19.7 Å². The molecule has 0 amide bonds. The van der Waals surface area contributed by atoms with Gasteiger partial charge in [-0.3, -0.25) is 4.90 Å². The Hall–Kier alpha value is -1.57. The Balaban J connectivity index is 1.50. The summed E-state index contributed by atoms with van der Waals surface area (Å²) in [6.07, 6.45) is 3.68. The predicted octanol–water partition coefficient (Wildman–Crippen LogP) is 3.39. The zero-order valence-corrected chi connectivity index (χ0v) is 15.7. The van der Waals surface area contributed by atoms with Crippen molar-refractivity contribution < 1.29 is 9.84 Å². The first-order valence-corrected chi connectivity index (χ1v) is 9.29. The van der Waals surface area contributed by atoms with Crippen LogP contribution in [-0.4, -0.2) is 41.8 Å². The molecule has 0 unspecified atom stereocenters. The first kappa shape index (κ1) is 18.2. The zero-order valence-electron chi connectivity index (χ0n) is 15.7. The van der Waals surface area contributed by atoms with Gasteiger partial charge in [0.25, 0.3) is 0 Å². The molecule has 2 aliphatic rings. The second-order valence-electron chi connectivity index (χ2n) is 9.09. The van der Waals surface area contributed by atoms with Gasteiger partial charge in [-0.05, 0) is 47.8 Å². The minimum absolute atomic E-state index is 0.306. The third kappa shape index (κ3) is 4.54. The Labute approximate surface area is 151 Å². The lowest BCUT2D eigenvalue weighted by Crippen LogP contribution is -2.39. The molecule has 1 aromatic carbocycles. The highest BCUT2D eigenvalue weighted by Gasteiger charge is 2.49. The van der Waals surface area contributed by atoms with Crippen molar-refractivity contribution in [3.8, 4) is 11.8 Å². The summed E-state index contributed by atoms with van der Waals surface area (Å²) in [5, 5.41) is 19.1. The van der Waals surface area contributed by atoms with Crippen molar-refractivity contribution in [1.29, 1.82) is 5.26 Å². The van der Waals surface area contributed by atoms with Gasteiger partial charge >= 0.3 is 0 Å². The van der Waals surface area contributed by atoms with E-state index >= 15 is 0 Å². The van der Waals surface area contributed by atoms with Gasteiger partial charge in [0.1, 0.15) is 18.5 Å². The van der Waals surface area contributed by atoms with Gasteiger partial charge in [-0.25, -0.2) is 0 Å². The van der Waals surface area contributed by atoms with E-state index in [0.717, 1.165) is 17.9 Å². The van der Waals surface area contributed by atoms with Gasteiger partial charge in [0.2, 0.25) is 0 Å². The average molecular weight is 342 g/mol. The number of likely N-dealkylation sites (tertiary alicyclic amines) is 1. The molecule has 1 aliphatic carbocycles. The number of nitriles is 1. The maximum absolute atomic E-state index is 10.4. The van der Waals surface area contributed by atoms with Crippen LogP contribution in [0.4, 0.5) is 0 Å². The van der Waals surface area contributed by atoms with Crippen LogP contribution in [0.15, 0.2) is 24.3 Å². The van der Waals surface area contributed by atoms with E-state index in [9.17, 15) is 5.11 Å². The molecule has 136 valence electrons. The molecule has 1 N–H and O–H groups in total. The number of benzene rings is 1. The van der Waals surface area contributed by atoms with Crippen molar-refractivity contribution in [3.63, 3.8) is 0 Å². The first-order chi connectivity index (χ1) is 11.8. The van der Waals surface area contributed by atoms with Crippen LogP contribution < -0.4 is 4.74 Å². The molecule has 4 nitrogen and oxygen atoms in total. The number of hydrogen-bond acceptors (Lipinski definition) is 4. The van der Waals surface area contributed by atoms with E-state index in [1.165, 1.54) is 19.3 Å². The number of hydrogen-bond donors (Lipinski definition) is 1. The van der Waals surface area contributed by atoms with Crippen LogP contribution >= 0.6 is 0 Å². The quantitative estimate of drug-likeness (QED) is 0.861. The fourth-order valence-electron chi connectivity index (χ4n) is 5.10. The molecule has 0 radical (unpaired) electrons. The Kier molecular flexibility index (Phi) is 5.09. The van der Waals surface area contributed by atoms with Crippen LogP contribution in [0.3, 0.4) is 0 Å². The third-order valence-corrected chi connectivity index (χ3v) is 5.62. The second kappa shape index (κ2) is 6.97. The highest BCUT2D eigenvalue weighted by Crippen LogP contribution is 2.52. The summed E-state index contributed by atoms with van der Waals surface area (Å²) in [5.74, 6) is 0.744. The first-order valence-electron chi connectivity index (χ1n) is 9.29. The molecular weight excluding hydrogens is 312 g/mol. The predicted molar refractivity (Wildman–Crippen MR) is 98.4 cm³/mol. The highest BCUT2D eigenvalue weighted by molar-refractivity contribution is 5.28. The summed E-state index contributed by atoms with van der Waals surface area (Å²) in [5.41, 5.74) is 1.78. The number of aliphatic hydroxyl groups excluding tert-OH is 1. The van der Waals surface area contributed by atoms with Crippen LogP contribution in [0, 0.1) is 22.2 Å². The molecule has 0 spiro atoms. The summed E-state index contributed by atoms with van der Waals surface area (Å²) >= 11 is 0. The molecule has 4 heteroatoms. The smallest absolute Gasteiger partial charge is 0.119 e. The fourth-order valence-corrected chi connectivity index (χ4v) is 5.10. The molecule has 1 aliphatic heterocycles. The van der Waals surface area contributed by atoms with Crippen LogP contribution in [0.1, 0.15) is 45.6 Å². The molecule has 1 aromatic rings. The Morgan fingerprint density at radius 1 is 1.28 bits per heavy atom. The standard InChI is InChI=1S/C21H30N2O2/c1-20(2)10-17-11-21(3,14-20)15-23(17)12-18(24)13-25-19-6-4-16(5-7-19)8-9-22/h4-7,17-18,24H,8,10-15H2,1-3H3/t17-,18+,21+/m0/s1. The van der Waals surface area contributed by atoms with Crippen molar-refractivity contribution in [1.82, 2.24) is 4.90 Å². The molecule has 2 fully saturated rings. The Morgan fingerprint density at radius 2 is 2.00 bits per heavy atom. The van der Waals surface area contributed by atoms with E-state index in [0.29, 0.717) is 36.4 Å². The molecule has 1 saturated heterocycles. The second-order valence-corrected chi connectivity index (χ2v) is 9.09. The molecular formula is C21H30N2O2. The normalized spacial score (nSPS) is 29.2. The minimum Gasteiger partial charge on any atom is -0.491 e. The lowest BCUT2D eigenvalue weighted by Gasteiger charge is -2.40. The van der Waals surface area contributed by atoms with Crippen LogP contribution in [0.2, 0.25) is 0 Å². The van der Waals surface area contributed by atoms with Gasteiger partial charge in [-0.15, -0.1) is 0 Å². The van der Waals surface area contributed by atoms with E-state index in [1.807, 2.05) is 24.3 Å². The van der Waals surface area contributed by atoms with E-state index in [1.54, 1.807) is 0 Å². The Morgan fingerprint density at radius 3 is 2.68 bits per heavy atom. The summed E-state index contributed by atoms with van der Waals surface area (Å²) in [7, 11) is 0. The van der Waals surface area contributed by atoms with E-state index < -0.39 is 6.10 Å². The van der Waals surface area contributed by atoms with Gasteiger partial charge in [0, 0.05) is 19.1 Å². The lowest BCUT2D eigenvalue weighted by molar-refractivity contribution is 0.0585. The van der Waals surface area contributed by atoms with Gasteiger partial charge < -0.3 is 9.84 Å². The van der Waals surface area contributed by atoms with Crippen molar-refractivity contribution in [2.45, 2.75) is 58.6 Å². The van der Waals surface area contributed by atoms with Crippen molar-refractivity contribution in [3.05, 3.63) is 29.8 Å². The van der Waals surface area contributed by atoms with Crippen LogP contribution in [0.25, 0.3) is 0 Å². The summed E-state index contributed by atoms with van der Waals surface area (Å²) < 4.78 is 5.73. The minimum atomic E-state index is -0.482. The van der Waals surface area contributed by atoms with Crippen LogP contribution in [0.5, 0.6) is 5.75 Å². The molecule has 1 heterocycles. The molecule has 3 atom stereocenters. The summed E-state index contributed by atoms with van der Waals surface area (Å²) in [6.45, 7) is 9.21. The summed E-state index contributed by atoms with van der Waals surface area (Å²) in [6, 6.07) is 10.3. The van der Waals surface area contributed by atoms with Crippen LogP contribution in [-0.2, 0) is 6.42 Å². The largest absolute Gasteiger partial charge is 0.491 e. The van der Waals surface area contributed by atoms with Gasteiger partial charge in [0.15, 0.2) is 0 Å². The van der Waals surface area contributed by atoms with E-state index in [-0.39, 0.29) is 0 Å². The van der Waals surface area contributed by atoms with Gasteiger partial charge in [0.05, 0.1) is 12.5 Å². The van der Waals surface area contributed by atoms with Crippen molar-refractivity contribution in [2.24, 2.45) is 10.8 Å². The zero-order chi connectivity index (χ0) is 18.1. The fraction of sp³-hybridized carbons (Fsp3) is 0.667. The summed E-state index contributed by atoms with van der Waals surface area (Å²) in [4.78, 5) is 2.47. The third-order valence-electron chi connectivity index (χ3n) is 5.62. The Bertz CT molecular complexity index is 634. The number of fused-ring (bicyclic) bond motifs is 2. The van der Waals surface area contributed by atoms with E-state index in [4.69, 9.17) is 10.00 Å². The monoisotopic (exact) mass is 342 g/mol. The maximum Gasteiger partial charge on any atom is 0.119 e. The molecule has 1 saturated carbocycles. The van der Waals surface area contributed by atoms with Crippen molar-refractivity contribution >= 4 is 0 Å². The molecule has 3 rings (SSSR count). The number of nitrogens with zero attached hydrogens (tertiary/aromatic N) is 2. The number of aliphatic hydroxyl groups is 1. The maximum atomic E-state index is 10.4. The van der Waals surface area contributed by atoms with Gasteiger partial charge in [-0.2, -0.15) is 5.26 Å². The number of ether oxygens (including phenoxy) is 1. The topological polar surface area (TPSA) is 56.5 Å². The molecule has 2 bridgehead atoms. The number of β-amino-alcohol motifs (C(OH)–C–C–N with tert-alkyl or cyclic N) is 1. The SMILES string of the molecule is CC1(C)C[C@H]2C[C@@](C)(CN2C[C@@H](O)COc2ccc(CC#N)cc2)C1.